The fraction of sp³-hybridized carbons (Fsp3) is 0.500. The highest BCUT2D eigenvalue weighted by atomic mass is 16.3. The molecule has 4 nitrogen and oxygen atoms in total. The third-order valence-corrected chi connectivity index (χ3v) is 2.95. The molecule has 0 aliphatic heterocycles. The minimum atomic E-state index is -1.20. The first kappa shape index (κ1) is 14.7. The van der Waals surface area contributed by atoms with Gasteiger partial charge < -0.3 is 15.5 Å². The second-order valence-corrected chi connectivity index (χ2v) is 5.08. The van der Waals surface area contributed by atoms with E-state index in [2.05, 4.69) is 5.32 Å². The van der Waals surface area contributed by atoms with E-state index in [9.17, 15) is 9.90 Å². The number of rotatable bonds is 6. The molecule has 0 saturated heterocycles. The molecule has 0 aliphatic carbocycles. The van der Waals surface area contributed by atoms with Crippen LogP contribution in [-0.2, 0) is 11.2 Å². The van der Waals surface area contributed by atoms with Crippen molar-refractivity contribution in [2.75, 3.05) is 13.2 Å². The number of nitrogens with one attached hydrogen (secondary N) is 1. The van der Waals surface area contributed by atoms with Crippen molar-refractivity contribution >= 4 is 5.91 Å². The molecule has 1 aromatic rings. The molecule has 4 heteroatoms. The number of hydrogen-bond acceptors (Lipinski definition) is 3. The number of hydrogen-bond donors (Lipinski definition) is 3. The zero-order valence-corrected chi connectivity index (χ0v) is 10.9. The van der Waals surface area contributed by atoms with Gasteiger partial charge in [-0.1, -0.05) is 44.2 Å². The van der Waals surface area contributed by atoms with E-state index in [0.717, 1.165) is 12.0 Å². The largest absolute Gasteiger partial charge is 0.396 e. The third kappa shape index (κ3) is 4.13. The van der Waals surface area contributed by atoms with Crippen LogP contribution in [0.25, 0.3) is 0 Å². The van der Waals surface area contributed by atoms with Gasteiger partial charge in [-0.25, -0.2) is 0 Å². The van der Waals surface area contributed by atoms with Crippen LogP contribution in [0, 0.1) is 5.41 Å². The van der Waals surface area contributed by atoms with Gasteiger partial charge in [-0.3, -0.25) is 4.79 Å². The molecular formula is C14H21NO3. The van der Waals surface area contributed by atoms with Crippen LogP contribution >= 0.6 is 0 Å². The Morgan fingerprint density at radius 2 is 1.94 bits per heavy atom. The summed E-state index contributed by atoms with van der Waals surface area (Å²) in [6.07, 6.45) is -0.475. The highest BCUT2D eigenvalue weighted by Crippen LogP contribution is 2.19. The number of aliphatic hydroxyl groups excluding tert-OH is 2. The van der Waals surface area contributed by atoms with E-state index in [1.165, 1.54) is 0 Å². The molecule has 0 saturated carbocycles. The van der Waals surface area contributed by atoms with E-state index < -0.39 is 17.4 Å². The van der Waals surface area contributed by atoms with Crippen LogP contribution in [0.2, 0.25) is 0 Å². The Labute approximate surface area is 108 Å². The Morgan fingerprint density at radius 3 is 2.50 bits per heavy atom. The third-order valence-electron chi connectivity index (χ3n) is 2.95. The molecule has 1 amide bonds. The summed E-state index contributed by atoms with van der Waals surface area (Å²) in [4.78, 5) is 11.7. The molecule has 1 unspecified atom stereocenters. The van der Waals surface area contributed by atoms with Gasteiger partial charge in [0.2, 0.25) is 5.91 Å². The van der Waals surface area contributed by atoms with Crippen LogP contribution in [-0.4, -0.2) is 35.4 Å². The Hall–Kier alpha value is -1.39. The molecule has 1 atom stereocenters. The minimum absolute atomic E-state index is 0.236. The lowest BCUT2D eigenvalue weighted by atomic mass is 9.87. The van der Waals surface area contributed by atoms with E-state index in [4.69, 9.17) is 5.11 Å². The molecule has 3 N–H and O–H groups in total. The van der Waals surface area contributed by atoms with Gasteiger partial charge in [0.1, 0.15) is 6.10 Å². The van der Waals surface area contributed by atoms with Crippen LogP contribution in [0.5, 0.6) is 0 Å². The van der Waals surface area contributed by atoms with Crippen molar-refractivity contribution in [1.82, 2.24) is 5.32 Å². The first-order valence-electron chi connectivity index (χ1n) is 6.08. The summed E-state index contributed by atoms with van der Waals surface area (Å²) in [6, 6.07) is 9.80. The van der Waals surface area contributed by atoms with Crippen LogP contribution in [0.1, 0.15) is 19.4 Å². The highest BCUT2D eigenvalue weighted by molar-refractivity contribution is 5.81. The predicted octanol–water partition coefficient (Wildman–Crippen LogP) is 0.725. The molecule has 18 heavy (non-hydrogen) atoms. The quantitative estimate of drug-likeness (QED) is 0.698. The number of carbonyl (C=O) groups is 1. The van der Waals surface area contributed by atoms with Crippen LogP contribution < -0.4 is 5.32 Å². The summed E-state index contributed by atoms with van der Waals surface area (Å²) >= 11 is 0. The summed E-state index contributed by atoms with van der Waals surface area (Å²) < 4.78 is 0. The average molecular weight is 251 g/mol. The van der Waals surface area contributed by atoms with E-state index in [1.54, 1.807) is 13.8 Å². The van der Waals surface area contributed by atoms with Gasteiger partial charge >= 0.3 is 0 Å². The predicted molar refractivity (Wildman–Crippen MR) is 70.0 cm³/mol. The second-order valence-electron chi connectivity index (χ2n) is 5.08. The second kappa shape index (κ2) is 6.52. The summed E-state index contributed by atoms with van der Waals surface area (Å²) in [5.41, 5.74) is 0.310. The van der Waals surface area contributed by atoms with Gasteiger partial charge in [0, 0.05) is 12.0 Å². The zero-order chi connectivity index (χ0) is 13.6. The molecule has 100 valence electrons. The van der Waals surface area contributed by atoms with Gasteiger partial charge in [0.05, 0.1) is 6.61 Å². The fourth-order valence-electron chi connectivity index (χ4n) is 1.51. The van der Waals surface area contributed by atoms with Crippen LogP contribution in [0.15, 0.2) is 30.3 Å². The van der Waals surface area contributed by atoms with Crippen molar-refractivity contribution in [2.24, 2.45) is 5.41 Å². The molecule has 0 aromatic heterocycles. The van der Waals surface area contributed by atoms with Crippen molar-refractivity contribution in [1.29, 1.82) is 0 Å². The van der Waals surface area contributed by atoms with Gasteiger partial charge in [-0.15, -0.1) is 0 Å². The number of amides is 1. The van der Waals surface area contributed by atoms with E-state index in [-0.39, 0.29) is 6.61 Å². The number of benzene rings is 1. The maximum Gasteiger partial charge on any atom is 0.249 e. The first-order chi connectivity index (χ1) is 8.47. The van der Waals surface area contributed by atoms with Crippen molar-refractivity contribution in [3.05, 3.63) is 35.9 Å². The zero-order valence-electron chi connectivity index (χ0n) is 10.9. The molecule has 0 bridgehead atoms. The summed E-state index contributed by atoms with van der Waals surface area (Å²) in [7, 11) is 0. The van der Waals surface area contributed by atoms with Gasteiger partial charge in [0.15, 0.2) is 0 Å². The topological polar surface area (TPSA) is 69.6 Å². The monoisotopic (exact) mass is 251 g/mol. The Kier molecular flexibility index (Phi) is 5.31. The molecule has 0 radical (unpaired) electrons. The molecule has 0 aliphatic rings. The molecule has 0 heterocycles. The lowest BCUT2D eigenvalue weighted by Gasteiger charge is -2.27. The van der Waals surface area contributed by atoms with Crippen LogP contribution in [0.3, 0.4) is 0 Å². The number of aliphatic hydroxyl groups is 2. The van der Waals surface area contributed by atoms with Crippen molar-refractivity contribution in [3.63, 3.8) is 0 Å². The summed E-state index contributed by atoms with van der Waals surface area (Å²) in [5, 5.41) is 21.5. The maximum absolute atomic E-state index is 11.7. The molecular weight excluding hydrogens is 230 g/mol. The van der Waals surface area contributed by atoms with E-state index in [1.807, 2.05) is 30.3 Å². The molecule has 1 aromatic carbocycles. The first-order valence-corrected chi connectivity index (χ1v) is 6.08. The minimum Gasteiger partial charge on any atom is -0.396 e. The molecule has 0 fully saturated rings. The van der Waals surface area contributed by atoms with E-state index in [0.29, 0.717) is 6.54 Å². The van der Waals surface area contributed by atoms with Crippen molar-refractivity contribution in [2.45, 2.75) is 26.4 Å². The number of carbonyl (C=O) groups excluding carboxylic acids is 1. The highest BCUT2D eigenvalue weighted by Gasteiger charge is 2.32. The smallest absolute Gasteiger partial charge is 0.249 e. The average Bonchev–Trinajstić information content (AvgIpc) is 2.39. The molecule has 0 spiro atoms. The summed E-state index contributed by atoms with van der Waals surface area (Å²) in [6.45, 7) is 3.53. The molecule has 1 rings (SSSR count). The van der Waals surface area contributed by atoms with Crippen molar-refractivity contribution < 1.29 is 15.0 Å². The lowest BCUT2D eigenvalue weighted by molar-refractivity contribution is -0.137. The van der Waals surface area contributed by atoms with Gasteiger partial charge in [-0.2, -0.15) is 0 Å². The Morgan fingerprint density at radius 1 is 1.33 bits per heavy atom. The van der Waals surface area contributed by atoms with Gasteiger partial charge in [0.25, 0.3) is 0 Å². The van der Waals surface area contributed by atoms with Gasteiger partial charge in [-0.05, 0) is 12.0 Å². The Balaban J connectivity index is 2.38. The van der Waals surface area contributed by atoms with Crippen molar-refractivity contribution in [3.8, 4) is 0 Å². The van der Waals surface area contributed by atoms with E-state index >= 15 is 0 Å². The lowest BCUT2D eigenvalue weighted by Crippen LogP contribution is -2.46. The summed E-state index contributed by atoms with van der Waals surface area (Å²) in [5.74, 6) is -0.440. The Bertz CT molecular complexity index is 376. The normalized spacial score (nSPS) is 13.1. The van der Waals surface area contributed by atoms with Crippen LogP contribution in [0.4, 0.5) is 0 Å². The fourth-order valence-corrected chi connectivity index (χ4v) is 1.51. The standard InChI is InChI=1S/C14H21NO3/c1-14(2,10-16)12(17)13(18)15-9-8-11-6-4-3-5-7-11/h3-7,12,16-17H,8-10H2,1-2H3,(H,15,18). The maximum atomic E-state index is 11.7. The SMILES string of the molecule is CC(C)(CO)C(O)C(=O)NCCc1ccccc1.